The van der Waals surface area contributed by atoms with Crippen LogP contribution in [0.1, 0.15) is 29.6 Å². The number of hydrogen-bond acceptors (Lipinski definition) is 7. The van der Waals surface area contributed by atoms with E-state index < -0.39 is 27.9 Å². The number of piperidine rings is 1. The molecule has 1 fully saturated rings. The summed E-state index contributed by atoms with van der Waals surface area (Å²) < 4.78 is 35.3. The van der Waals surface area contributed by atoms with Crippen molar-refractivity contribution < 1.29 is 22.7 Å². The van der Waals surface area contributed by atoms with Crippen LogP contribution in [0.15, 0.2) is 39.5 Å². The van der Waals surface area contributed by atoms with Gasteiger partial charge < -0.3 is 9.30 Å². The minimum atomic E-state index is -3.85. The van der Waals surface area contributed by atoms with Gasteiger partial charge in [0, 0.05) is 13.6 Å². The van der Waals surface area contributed by atoms with Gasteiger partial charge in [-0.3, -0.25) is 4.79 Å². The Bertz CT molecular complexity index is 1370. The lowest BCUT2D eigenvalue weighted by atomic mass is 10.0. The quantitative estimate of drug-likeness (QED) is 0.498. The number of ether oxygens (including phenoxy) is 1. The lowest BCUT2D eigenvalue weighted by Crippen LogP contribution is -2.47. The van der Waals surface area contributed by atoms with E-state index in [1.54, 1.807) is 29.8 Å². The molecule has 1 unspecified atom stereocenters. The van der Waals surface area contributed by atoms with Gasteiger partial charge in [0.05, 0.1) is 27.2 Å². The molecule has 4 rings (SSSR count). The monoisotopic (exact) mass is 513 g/mol. The fraction of sp³-hybridized carbons (Fsp3) is 0.350. The molecule has 0 aliphatic carbocycles. The third-order valence-electron chi connectivity index (χ3n) is 5.29. The van der Waals surface area contributed by atoms with Crippen molar-refractivity contribution in [2.45, 2.75) is 29.5 Å². The molecule has 1 atom stereocenters. The van der Waals surface area contributed by atoms with E-state index in [0.717, 1.165) is 28.0 Å². The molecule has 1 aliphatic rings. The van der Waals surface area contributed by atoms with Crippen molar-refractivity contribution in [3.8, 4) is 0 Å². The van der Waals surface area contributed by atoms with E-state index in [1.165, 1.54) is 34.9 Å². The van der Waals surface area contributed by atoms with Gasteiger partial charge in [-0.25, -0.2) is 13.2 Å². The van der Waals surface area contributed by atoms with Crippen molar-refractivity contribution in [3.05, 3.63) is 45.0 Å². The second kappa shape index (κ2) is 9.06. The highest BCUT2D eigenvalue weighted by molar-refractivity contribution is 7.91. The molecule has 1 saturated heterocycles. The van der Waals surface area contributed by atoms with E-state index in [9.17, 15) is 18.0 Å². The minimum absolute atomic E-state index is 0.116. The van der Waals surface area contributed by atoms with Gasteiger partial charge >= 0.3 is 5.97 Å². The molecule has 0 N–H and O–H groups in total. The van der Waals surface area contributed by atoms with Crippen LogP contribution >= 0.6 is 34.3 Å². The summed E-state index contributed by atoms with van der Waals surface area (Å²) in [6, 6.07) is 7.22. The number of aryl methyl sites for hydroxylation is 1. The first-order valence-corrected chi connectivity index (χ1v) is 13.2. The Labute approximate surface area is 197 Å². The third-order valence-corrected chi connectivity index (χ3v) is 9.99. The van der Waals surface area contributed by atoms with Crippen LogP contribution in [0.3, 0.4) is 0 Å². The van der Waals surface area contributed by atoms with Crippen LogP contribution in [0.25, 0.3) is 10.2 Å². The number of aromatic nitrogens is 1. The number of carbonyl (C=O) groups excluding carboxylic acids is 2. The Morgan fingerprint density at radius 1 is 1.19 bits per heavy atom. The van der Waals surface area contributed by atoms with E-state index in [4.69, 9.17) is 16.3 Å². The lowest BCUT2D eigenvalue weighted by Gasteiger charge is -2.31. The molecule has 2 aromatic heterocycles. The van der Waals surface area contributed by atoms with Crippen molar-refractivity contribution in [1.29, 1.82) is 0 Å². The number of fused-ring (bicyclic) bond motifs is 1. The molecule has 3 aromatic rings. The standard InChI is InChI=1S/C20H20ClN3O5S3/c1-23-13-7-6-12(19(26)29-2)11-15(13)30-20(23)22-18(25)14-5-3-4-10-24(14)32(27,28)17-9-8-16(21)31-17/h6-9,11,14H,3-5,10H2,1-2H3. The number of thiazole rings is 1. The molecule has 1 aliphatic heterocycles. The average molecular weight is 514 g/mol. The van der Waals surface area contributed by atoms with Crippen LogP contribution in [0.4, 0.5) is 0 Å². The van der Waals surface area contributed by atoms with Crippen molar-refractivity contribution in [1.82, 2.24) is 8.87 Å². The van der Waals surface area contributed by atoms with Gasteiger partial charge in [-0.2, -0.15) is 9.30 Å². The van der Waals surface area contributed by atoms with E-state index in [2.05, 4.69) is 4.99 Å². The van der Waals surface area contributed by atoms with Crippen LogP contribution in [0.5, 0.6) is 0 Å². The molecular weight excluding hydrogens is 494 g/mol. The van der Waals surface area contributed by atoms with Crippen LogP contribution in [0.2, 0.25) is 4.34 Å². The normalized spacial score (nSPS) is 18.2. The SMILES string of the molecule is COC(=O)c1ccc2c(c1)sc(=NC(=O)C1CCCCN1S(=O)(=O)c1ccc(Cl)s1)n2C. The first-order chi connectivity index (χ1) is 15.2. The van der Waals surface area contributed by atoms with Crippen molar-refractivity contribution in [2.75, 3.05) is 13.7 Å². The number of sulfonamides is 1. The lowest BCUT2D eigenvalue weighted by molar-refractivity contribution is -0.122. The van der Waals surface area contributed by atoms with Gasteiger partial charge in [0.25, 0.3) is 15.9 Å². The van der Waals surface area contributed by atoms with E-state index in [0.29, 0.717) is 27.5 Å². The first-order valence-electron chi connectivity index (χ1n) is 9.76. The molecule has 12 heteroatoms. The Morgan fingerprint density at radius 2 is 1.97 bits per heavy atom. The molecule has 8 nitrogen and oxygen atoms in total. The average Bonchev–Trinajstić information content (AvgIpc) is 3.36. The van der Waals surface area contributed by atoms with Crippen LogP contribution in [-0.2, 0) is 26.6 Å². The molecule has 0 saturated carbocycles. The number of rotatable bonds is 4. The maximum atomic E-state index is 13.1. The molecule has 170 valence electrons. The Hall–Kier alpha value is -2.05. The number of hydrogen-bond donors (Lipinski definition) is 0. The van der Waals surface area contributed by atoms with Crippen molar-refractivity contribution >= 4 is 66.4 Å². The summed E-state index contributed by atoms with van der Waals surface area (Å²) in [6.07, 6.45) is 1.82. The second-order valence-corrected chi connectivity index (χ2v) is 12.1. The number of thiophene rings is 1. The fourth-order valence-corrected chi connectivity index (χ4v) is 7.97. The summed E-state index contributed by atoms with van der Waals surface area (Å²) in [5.41, 5.74) is 1.20. The van der Waals surface area contributed by atoms with Crippen molar-refractivity contribution in [3.63, 3.8) is 0 Å². The maximum Gasteiger partial charge on any atom is 0.337 e. The predicted molar refractivity (Wildman–Crippen MR) is 124 cm³/mol. The number of carbonyl (C=O) groups is 2. The van der Waals surface area contributed by atoms with Gasteiger partial charge in [-0.05, 0) is 43.2 Å². The summed E-state index contributed by atoms with van der Waals surface area (Å²) in [5.74, 6) is -0.958. The number of esters is 1. The van der Waals surface area contributed by atoms with Gasteiger partial charge in [-0.1, -0.05) is 29.4 Å². The Morgan fingerprint density at radius 3 is 2.66 bits per heavy atom. The Kier molecular flexibility index (Phi) is 6.55. The maximum absolute atomic E-state index is 13.1. The predicted octanol–water partition coefficient (Wildman–Crippen LogP) is 3.41. The zero-order chi connectivity index (χ0) is 23.0. The molecule has 32 heavy (non-hydrogen) atoms. The summed E-state index contributed by atoms with van der Waals surface area (Å²) in [5, 5.41) is 0. The number of halogens is 1. The highest BCUT2D eigenvalue weighted by Crippen LogP contribution is 2.32. The van der Waals surface area contributed by atoms with Gasteiger partial charge in [0.1, 0.15) is 10.3 Å². The Balaban J connectivity index is 1.70. The van der Waals surface area contributed by atoms with Gasteiger partial charge in [0.15, 0.2) is 4.80 Å². The molecule has 0 bridgehead atoms. The van der Waals surface area contributed by atoms with Crippen LogP contribution in [0, 0.1) is 0 Å². The number of nitrogens with zero attached hydrogens (tertiary/aromatic N) is 3. The minimum Gasteiger partial charge on any atom is -0.465 e. The smallest absolute Gasteiger partial charge is 0.337 e. The van der Waals surface area contributed by atoms with Crippen molar-refractivity contribution in [2.24, 2.45) is 12.0 Å². The number of amides is 1. The number of benzene rings is 1. The molecule has 3 heterocycles. The topological polar surface area (TPSA) is 98.0 Å². The van der Waals surface area contributed by atoms with Gasteiger partial charge in [0.2, 0.25) is 0 Å². The number of methoxy groups -OCH3 is 1. The molecule has 0 radical (unpaired) electrons. The summed E-state index contributed by atoms with van der Waals surface area (Å²) in [6.45, 7) is 0.255. The molecule has 1 amide bonds. The third kappa shape index (κ3) is 4.27. The fourth-order valence-electron chi connectivity index (χ4n) is 3.65. The van der Waals surface area contributed by atoms with Crippen LogP contribution in [-0.4, -0.2) is 48.9 Å². The van der Waals surface area contributed by atoms with E-state index in [1.807, 2.05) is 0 Å². The summed E-state index contributed by atoms with van der Waals surface area (Å²) >= 11 is 8.15. The molecule has 0 spiro atoms. The second-order valence-electron chi connectivity index (χ2n) is 7.25. The summed E-state index contributed by atoms with van der Waals surface area (Å²) in [4.78, 5) is 29.6. The molecular formula is C20H20ClN3O5S3. The first kappa shape index (κ1) is 23.1. The zero-order valence-corrected chi connectivity index (χ0v) is 20.5. The largest absolute Gasteiger partial charge is 0.465 e. The van der Waals surface area contributed by atoms with E-state index in [-0.39, 0.29) is 10.8 Å². The summed E-state index contributed by atoms with van der Waals surface area (Å²) in [7, 11) is -0.765. The highest BCUT2D eigenvalue weighted by atomic mass is 35.5. The highest BCUT2D eigenvalue weighted by Gasteiger charge is 2.38. The van der Waals surface area contributed by atoms with E-state index >= 15 is 0 Å². The van der Waals surface area contributed by atoms with Gasteiger partial charge in [-0.15, -0.1) is 11.3 Å². The zero-order valence-electron chi connectivity index (χ0n) is 17.3. The van der Waals surface area contributed by atoms with Crippen LogP contribution < -0.4 is 4.80 Å². The molecule has 1 aromatic carbocycles.